The van der Waals surface area contributed by atoms with Gasteiger partial charge in [0.25, 0.3) is 5.91 Å². The number of Topliss-reactive ketones (excluding diaryl/α,β-unsaturated/α-hetero) is 1. The van der Waals surface area contributed by atoms with Gasteiger partial charge >= 0.3 is 0 Å². The van der Waals surface area contributed by atoms with Crippen LogP contribution in [0.2, 0.25) is 0 Å². The van der Waals surface area contributed by atoms with E-state index in [4.69, 9.17) is 0 Å². The van der Waals surface area contributed by atoms with Gasteiger partial charge in [-0.05, 0) is 31.5 Å². The molecule has 1 unspecified atom stereocenters. The molecular weight excluding hydrogens is 242 g/mol. The second-order valence-corrected chi connectivity index (χ2v) is 4.34. The van der Waals surface area contributed by atoms with Gasteiger partial charge < -0.3 is 10.3 Å². The lowest BCUT2D eigenvalue weighted by Gasteiger charge is -2.12. The monoisotopic (exact) mass is 257 g/mol. The normalized spacial score (nSPS) is 11.9. The Morgan fingerprint density at radius 2 is 2.21 bits per heavy atom. The van der Waals surface area contributed by atoms with E-state index in [0.717, 1.165) is 5.56 Å². The first-order chi connectivity index (χ1) is 9.08. The lowest BCUT2D eigenvalue weighted by Crippen LogP contribution is -2.26. The number of carbonyl (C=O) groups excluding carboxylic acids is 2. The molecule has 2 heterocycles. The van der Waals surface area contributed by atoms with E-state index >= 15 is 0 Å². The summed E-state index contributed by atoms with van der Waals surface area (Å²) in [6.45, 7) is 3.34. The van der Waals surface area contributed by atoms with Gasteiger partial charge in [0.1, 0.15) is 5.69 Å². The smallest absolute Gasteiger partial charge is 0.268 e. The van der Waals surface area contributed by atoms with Crippen molar-refractivity contribution in [1.82, 2.24) is 15.3 Å². The van der Waals surface area contributed by atoms with Gasteiger partial charge in [-0.1, -0.05) is 6.07 Å². The van der Waals surface area contributed by atoms with Gasteiger partial charge in [-0.2, -0.15) is 0 Å². The van der Waals surface area contributed by atoms with Crippen LogP contribution in [0.15, 0.2) is 36.8 Å². The van der Waals surface area contributed by atoms with Gasteiger partial charge in [0.2, 0.25) is 0 Å². The topological polar surface area (TPSA) is 74.8 Å². The SMILES string of the molecule is CC(=O)c1c[nH]c(C(=O)NC(C)c2cccnc2)c1. The van der Waals surface area contributed by atoms with E-state index in [2.05, 4.69) is 15.3 Å². The lowest BCUT2D eigenvalue weighted by molar-refractivity contribution is 0.0935. The fourth-order valence-electron chi connectivity index (χ4n) is 1.72. The molecule has 19 heavy (non-hydrogen) atoms. The van der Waals surface area contributed by atoms with Crippen molar-refractivity contribution in [2.75, 3.05) is 0 Å². The number of hydrogen-bond acceptors (Lipinski definition) is 3. The second-order valence-electron chi connectivity index (χ2n) is 4.34. The molecule has 1 amide bonds. The van der Waals surface area contributed by atoms with Crippen molar-refractivity contribution in [3.05, 3.63) is 53.6 Å². The molecule has 0 saturated carbocycles. The molecule has 2 N–H and O–H groups in total. The number of aromatic amines is 1. The predicted molar refractivity (Wildman–Crippen MR) is 70.9 cm³/mol. The number of pyridine rings is 1. The molecule has 5 heteroatoms. The maximum atomic E-state index is 12.0. The minimum atomic E-state index is -0.246. The zero-order chi connectivity index (χ0) is 13.8. The second kappa shape index (κ2) is 5.48. The molecule has 0 aliphatic rings. The number of ketones is 1. The first-order valence-corrected chi connectivity index (χ1v) is 5.98. The van der Waals surface area contributed by atoms with Crippen molar-refractivity contribution in [2.45, 2.75) is 19.9 Å². The van der Waals surface area contributed by atoms with E-state index in [9.17, 15) is 9.59 Å². The van der Waals surface area contributed by atoms with Crippen LogP contribution in [0.5, 0.6) is 0 Å². The Morgan fingerprint density at radius 1 is 1.42 bits per heavy atom. The van der Waals surface area contributed by atoms with Crippen LogP contribution in [-0.2, 0) is 0 Å². The number of aromatic nitrogens is 2. The van der Waals surface area contributed by atoms with Crippen LogP contribution in [0.4, 0.5) is 0 Å². The molecule has 0 aromatic carbocycles. The average molecular weight is 257 g/mol. The minimum Gasteiger partial charge on any atom is -0.356 e. The summed E-state index contributed by atoms with van der Waals surface area (Å²) in [7, 11) is 0. The van der Waals surface area contributed by atoms with E-state index < -0.39 is 0 Å². The molecule has 2 aromatic rings. The number of nitrogens with zero attached hydrogens (tertiary/aromatic N) is 1. The van der Waals surface area contributed by atoms with Crippen LogP contribution in [0, 0.1) is 0 Å². The van der Waals surface area contributed by atoms with Gasteiger partial charge in [0.15, 0.2) is 5.78 Å². The van der Waals surface area contributed by atoms with Crippen molar-refractivity contribution in [3.63, 3.8) is 0 Å². The molecule has 2 rings (SSSR count). The van der Waals surface area contributed by atoms with E-state index in [1.165, 1.54) is 13.1 Å². The van der Waals surface area contributed by atoms with Gasteiger partial charge in [-0.25, -0.2) is 0 Å². The largest absolute Gasteiger partial charge is 0.356 e. The molecule has 98 valence electrons. The third-order valence-corrected chi connectivity index (χ3v) is 2.87. The third kappa shape index (κ3) is 3.07. The number of amides is 1. The molecular formula is C14H15N3O2. The fraction of sp³-hybridized carbons (Fsp3) is 0.214. The highest BCUT2D eigenvalue weighted by molar-refractivity contribution is 5.99. The van der Waals surface area contributed by atoms with E-state index in [0.29, 0.717) is 11.3 Å². The first-order valence-electron chi connectivity index (χ1n) is 5.98. The van der Waals surface area contributed by atoms with Crippen LogP contribution in [0.25, 0.3) is 0 Å². The molecule has 2 aromatic heterocycles. The summed E-state index contributed by atoms with van der Waals surface area (Å²) in [6.07, 6.45) is 4.93. The van der Waals surface area contributed by atoms with Crippen LogP contribution >= 0.6 is 0 Å². The molecule has 0 aliphatic heterocycles. The Hall–Kier alpha value is -2.43. The summed E-state index contributed by atoms with van der Waals surface area (Å²) < 4.78 is 0. The maximum Gasteiger partial charge on any atom is 0.268 e. The molecule has 0 bridgehead atoms. The first kappa shape index (κ1) is 13.0. The van der Waals surface area contributed by atoms with Gasteiger partial charge in [-0.15, -0.1) is 0 Å². The Bertz CT molecular complexity index is 590. The van der Waals surface area contributed by atoms with E-state index in [-0.39, 0.29) is 17.7 Å². The summed E-state index contributed by atoms with van der Waals surface area (Å²) in [4.78, 5) is 30.0. The van der Waals surface area contributed by atoms with Crippen LogP contribution in [-0.4, -0.2) is 21.7 Å². The Balaban J connectivity index is 2.06. The number of rotatable bonds is 4. The Morgan fingerprint density at radius 3 is 2.79 bits per heavy atom. The highest BCUT2D eigenvalue weighted by atomic mass is 16.2. The summed E-state index contributed by atoms with van der Waals surface area (Å²) in [6, 6.07) is 5.12. The lowest BCUT2D eigenvalue weighted by atomic mass is 10.1. The molecule has 0 spiro atoms. The van der Waals surface area contributed by atoms with Crippen LogP contribution in [0.3, 0.4) is 0 Å². The van der Waals surface area contributed by atoms with Crippen molar-refractivity contribution >= 4 is 11.7 Å². The number of carbonyl (C=O) groups is 2. The molecule has 0 radical (unpaired) electrons. The third-order valence-electron chi connectivity index (χ3n) is 2.87. The van der Waals surface area contributed by atoms with Gasteiger partial charge in [-0.3, -0.25) is 14.6 Å². The fourth-order valence-corrected chi connectivity index (χ4v) is 1.72. The van der Waals surface area contributed by atoms with Crippen LogP contribution < -0.4 is 5.32 Å². The average Bonchev–Trinajstić information content (AvgIpc) is 2.89. The van der Waals surface area contributed by atoms with Gasteiger partial charge in [0.05, 0.1) is 6.04 Å². The highest BCUT2D eigenvalue weighted by Crippen LogP contribution is 2.11. The summed E-state index contributed by atoms with van der Waals surface area (Å²) in [5.74, 6) is -0.320. The van der Waals surface area contributed by atoms with Crippen LogP contribution in [0.1, 0.15) is 46.3 Å². The highest BCUT2D eigenvalue weighted by Gasteiger charge is 2.14. The Labute approximate surface area is 111 Å². The number of nitrogens with one attached hydrogen (secondary N) is 2. The summed E-state index contributed by atoms with van der Waals surface area (Å²) >= 11 is 0. The Kier molecular flexibility index (Phi) is 3.75. The van der Waals surface area contributed by atoms with E-state index in [1.54, 1.807) is 18.5 Å². The van der Waals surface area contributed by atoms with Crippen molar-refractivity contribution < 1.29 is 9.59 Å². The molecule has 0 saturated heterocycles. The predicted octanol–water partition coefficient (Wildman–Crippen LogP) is 2.10. The summed E-state index contributed by atoms with van der Waals surface area (Å²) in [5, 5.41) is 2.84. The van der Waals surface area contributed by atoms with Crippen molar-refractivity contribution in [1.29, 1.82) is 0 Å². The maximum absolute atomic E-state index is 12.0. The van der Waals surface area contributed by atoms with E-state index in [1.807, 2.05) is 19.1 Å². The number of H-pyrrole nitrogens is 1. The minimum absolute atomic E-state index is 0.0735. The zero-order valence-corrected chi connectivity index (χ0v) is 10.8. The van der Waals surface area contributed by atoms with Gasteiger partial charge in [0, 0.05) is 24.2 Å². The molecule has 1 atom stereocenters. The molecule has 5 nitrogen and oxygen atoms in total. The molecule has 0 aliphatic carbocycles. The van der Waals surface area contributed by atoms with Crippen molar-refractivity contribution in [2.24, 2.45) is 0 Å². The molecule has 0 fully saturated rings. The van der Waals surface area contributed by atoms with Crippen molar-refractivity contribution in [3.8, 4) is 0 Å². The number of hydrogen-bond donors (Lipinski definition) is 2. The zero-order valence-electron chi connectivity index (χ0n) is 10.8. The summed E-state index contributed by atoms with van der Waals surface area (Å²) in [5.41, 5.74) is 1.80. The standard InChI is InChI=1S/C14H15N3O2/c1-9(11-4-3-5-15-7-11)17-14(19)13-6-12(8-16-13)10(2)18/h3-9,16H,1-2H3,(H,17,19). The quantitative estimate of drug-likeness (QED) is 0.824.